The van der Waals surface area contributed by atoms with E-state index in [1.807, 2.05) is 24.3 Å². The number of carbonyl (C=O) groups excluding carboxylic acids is 1. The second-order valence-electron chi connectivity index (χ2n) is 8.01. The van der Waals surface area contributed by atoms with Crippen LogP contribution in [0.15, 0.2) is 35.6 Å². The van der Waals surface area contributed by atoms with Crippen molar-refractivity contribution in [1.29, 1.82) is 0 Å². The average molecular weight is 427 g/mol. The minimum absolute atomic E-state index is 0.0401. The molecular weight excluding hydrogens is 388 g/mol. The summed E-state index contributed by atoms with van der Waals surface area (Å²) >= 11 is 0. The molecule has 0 aliphatic heterocycles. The van der Waals surface area contributed by atoms with E-state index in [2.05, 4.69) is 27.6 Å². The van der Waals surface area contributed by atoms with Crippen molar-refractivity contribution in [3.63, 3.8) is 0 Å². The van der Waals surface area contributed by atoms with Gasteiger partial charge in [-0.15, -0.1) is 0 Å². The number of hydrogen-bond donors (Lipinski definition) is 2. The third kappa shape index (κ3) is 9.81. The maximum Gasteiger partial charge on any atom is 0.240 e. The molecule has 170 valence electrons. The number of aromatic amines is 1. The molecule has 0 unspecified atom stereocenters. The van der Waals surface area contributed by atoms with Gasteiger partial charge in [-0.2, -0.15) is 10.2 Å². The Morgan fingerprint density at radius 1 is 1.00 bits per heavy atom. The van der Waals surface area contributed by atoms with Crippen molar-refractivity contribution in [3.8, 4) is 17.0 Å². The number of ether oxygens (including phenoxy) is 1. The number of H-pyrrole nitrogens is 1. The molecule has 6 heteroatoms. The summed E-state index contributed by atoms with van der Waals surface area (Å²) in [5.41, 5.74) is 5.27. The fourth-order valence-electron chi connectivity index (χ4n) is 3.56. The molecule has 0 aliphatic carbocycles. The first-order valence-corrected chi connectivity index (χ1v) is 11.7. The van der Waals surface area contributed by atoms with Crippen LogP contribution in [-0.2, 0) is 4.79 Å². The van der Waals surface area contributed by atoms with Crippen molar-refractivity contribution in [1.82, 2.24) is 15.6 Å². The predicted octanol–water partition coefficient (Wildman–Crippen LogP) is 6.24. The van der Waals surface area contributed by atoms with E-state index in [1.165, 1.54) is 57.8 Å². The molecule has 0 bridgehead atoms. The van der Waals surface area contributed by atoms with Crippen molar-refractivity contribution in [3.05, 3.63) is 36.0 Å². The Balaban J connectivity index is 1.58. The van der Waals surface area contributed by atoms with Crippen LogP contribution in [0.25, 0.3) is 11.3 Å². The summed E-state index contributed by atoms with van der Waals surface area (Å²) in [5.74, 6) is 0.759. The monoisotopic (exact) mass is 426 g/mol. The molecule has 0 spiro atoms. The quantitative estimate of drug-likeness (QED) is 0.189. The number of rotatable bonds is 16. The van der Waals surface area contributed by atoms with Crippen LogP contribution in [0.2, 0.25) is 0 Å². The number of aromatic nitrogens is 2. The number of methoxy groups -OCH3 is 1. The van der Waals surface area contributed by atoms with Gasteiger partial charge in [-0.05, 0) is 30.7 Å². The fourth-order valence-corrected chi connectivity index (χ4v) is 3.56. The molecule has 0 saturated carbocycles. The summed E-state index contributed by atoms with van der Waals surface area (Å²) in [7, 11) is 1.64. The molecule has 0 radical (unpaired) electrons. The summed E-state index contributed by atoms with van der Waals surface area (Å²) in [4.78, 5) is 12.0. The number of nitrogens with one attached hydrogen (secondary N) is 2. The molecule has 1 aromatic heterocycles. The molecular formula is C25H38N4O2. The van der Waals surface area contributed by atoms with Gasteiger partial charge in [-0.1, -0.05) is 71.1 Å². The lowest BCUT2D eigenvalue weighted by atomic mass is 10.1. The Kier molecular flexibility index (Phi) is 12.1. The molecule has 0 fully saturated rings. The summed E-state index contributed by atoms with van der Waals surface area (Å²) in [6, 6.07) is 7.70. The molecule has 2 rings (SSSR count). The van der Waals surface area contributed by atoms with E-state index < -0.39 is 0 Å². The van der Waals surface area contributed by atoms with Crippen LogP contribution < -0.4 is 10.2 Å². The Bertz CT molecular complexity index is 768. The van der Waals surface area contributed by atoms with E-state index in [0.29, 0.717) is 6.42 Å². The lowest BCUT2D eigenvalue weighted by Crippen LogP contribution is -2.16. The van der Waals surface area contributed by atoms with E-state index in [0.717, 1.165) is 35.4 Å². The summed E-state index contributed by atoms with van der Waals surface area (Å²) in [6.45, 7) is 2.26. The number of carbonyl (C=O) groups is 1. The van der Waals surface area contributed by atoms with Crippen LogP contribution in [0.5, 0.6) is 5.75 Å². The van der Waals surface area contributed by atoms with Crippen molar-refractivity contribution < 1.29 is 9.53 Å². The van der Waals surface area contributed by atoms with Gasteiger partial charge in [0.05, 0.1) is 25.2 Å². The molecule has 2 aromatic rings. The van der Waals surface area contributed by atoms with E-state index in [4.69, 9.17) is 4.74 Å². The largest absolute Gasteiger partial charge is 0.497 e. The van der Waals surface area contributed by atoms with Crippen LogP contribution >= 0.6 is 0 Å². The second kappa shape index (κ2) is 15.2. The number of amides is 1. The normalized spacial score (nSPS) is 11.2. The van der Waals surface area contributed by atoms with Gasteiger partial charge in [-0.25, -0.2) is 5.43 Å². The first-order chi connectivity index (χ1) is 15.2. The van der Waals surface area contributed by atoms with E-state index >= 15 is 0 Å². The van der Waals surface area contributed by atoms with Gasteiger partial charge >= 0.3 is 0 Å². The molecule has 31 heavy (non-hydrogen) atoms. The van der Waals surface area contributed by atoms with Gasteiger partial charge in [-0.3, -0.25) is 9.89 Å². The van der Waals surface area contributed by atoms with Crippen LogP contribution in [0.1, 0.15) is 89.5 Å². The van der Waals surface area contributed by atoms with E-state index in [1.54, 1.807) is 19.5 Å². The zero-order chi connectivity index (χ0) is 22.2. The number of benzene rings is 1. The minimum Gasteiger partial charge on any atom is -0.497 e. The van der Waals surface area contributed by atoms with Crippen molar-refractivity contribution >= 4 is 12.1 Å². The number of nitrogens with zero attached hydrogens (tertiary/aromatic N) is 2. The molecule has 0 atom stereocenters. The van der Waals surface area contributed by atoms with E-state index in [9.17, 15) is 4.79 Å². The van der Waals surface area contributed by atoms with Crippen LogP contribution in [0, 0.1) is 0 Å². The van der Waals surface area contributed by atoms with Gasteiger partial charge in [0, 0.05) is 17.5 Å². The molecule has 1 heterocycles. The fraction of sp³-hybridized carbons (Fsp3) is 0.560. The van der Waals surface area contributed by atoms with E-state index in [-0.39, 0.29) is 5.91 Å². The summed E-state index contributed by atoms with van der Waals surface area (Å²) in [5, 5.41) is 11.2. The minimum atomic E-state index is -0.0401. The van der Waals surface area contributed by atoms with Gasteiger partial charge in [0.25, 0.3) is 0 Å². The maximum absolute atomic E-state index is 12.0. The molecule has 0 saturated heterocycles. The molecule has 1 amide bonds. The van der Waals surface area contributed by atoms with Crippen LogP contribution in [-0.4, -0.2) is 29.4 Å². The van der Waals surface area contributed by atoms with Gasteiger partial charge in [0.2, 0.25) is 5.91 Å². The molecule has 2 N–H and O–H groups in total. The summed E-state index contributed by atoms with van der Waals surface area (Å²) < 4.78 is 5.19. The SMILES string of the molecule is CCCCCCCCCCCCCC(=O)N/N=C/c1cn[nH]c1-c1ccc(OC)cc1. The Hall–Kier alpha value is -2.63. The third-order valence-corrected chi connectivity index (χ3v) is 5.45. The zero-order valence-electron chi connectivity index (χ0n) is 19.2. The average Bonchev–Trinajstić information content (AvgIpc) is 3.26. The first-order valence-electron chi connectivity index (χ1n) is 11.7. The lowest BCUT2D eigenvalue weighted by molar-refractivity contribution is -0.121. The number of hydrazone groups is 1. The van der Waals surface area contributed by atoms with Crippen LogP contribution in [0.3, 0.4) is 0 Å². The van der Waals surface area contributed by atoms with Crippen molar-refractivity contribution in [2.75, 3.05) is 7.11 Å². The summed E-state index contributed by atoms with van der Waals surface area (Å²) in [6.07, 6.45) is 17.9. The third-order valence-electron chi connectivity index (χ3n) is 5.45. The lowest BCUT2D eigenvalue weighted by Gasteiger charge is -2.03. The van der Waals surface area contributed by atoms with Crippen molar-refractivity contribution in [2.24, 2.45) is 5.10 Å². The second-order valence-corrected chi connectivity index (χ2v) is 8.01. The highest BCUT2D eigenvalue weighted by Gasteiger charge is 2.06. The highest BCUT2D eigenvalue weighted by Crippen LogP contribution is 2.22. The van der Waals surface area contributed by atoms with Gasteiger partial charge < -0.3 is 4.74 Å². The van der Waals surface area contributed by atoms with Crippen molar-refractivity contribution in [2.45, 2.75) is 84.0 Å². The topological polar surface area (TPSA) is 79.4 Å². The Labute approximate surface area is 186 Å². The van der Waals surface area contributed by atoms with Crippen LogP contribution in [0.4, 0.5) is 0 Å². The Morgan fingerprint density at radius 2 is 1.61 bits per heavy atom. The highest BCUT2D eigenvalue weighted by molar-refractivity contribution is 5.89. The zero-order valence-corrected chi connectivity index (χ0v) is 19.2. The molecule has 0 aliphatic rings. The predicted molar refractivity (Wildman–Crippen MR) is 127 cm³/mol. The molecule has 1 aromatic carbocycles. The standard InChI is InChI=1S/C25H38N4O2/c1-3-4-5-6-7-8-9-10-11-12-13-14-24(30)28-26-19-22-20-27-29-25(22)21-15-17-23(31-2)18-16-21/h15-20H,3-14H2,1-2H3,(H,27,29)(H,28,30)/b26-19+. The first kappa shape index (κ1) is 24.6. The maximum atomic E-state index is 12.0. The Morgan fingerprint density at radius 3 is 2.23 bits per heavy atom. The van der Waals surface area contributed by atoms with Gasteiger partial charge in [0.15, 0.2) is 0 Å². The smallest absolute Gasteiger partial charge is 0.240 e. The molecule has 6 nitrogen and oxygen atoms in total. The number of hydrogen-bond acceptors (Lipinski definition) is 4. The highest BCUT2D eigenvalue weighted by atomic mass is 16.5. The number of unbranched alkanes of at least 4 members (excludes halogenated alkanes) is 10. The van der Waals surface area contributed by atoms with Gasteiger partial charge in [0.1, 0.15) is 5.75 Å².